The van der Waals surface area contributed by atoms with Gasteiger partial charge in [0.05, 0.1) is 314 Å². The average Bonchev–Trinajstić information content (AvgIpc) is 1.28. The second-order valence-electron chi connectivity index (χ2n) is 30.6. The fourth-order valence-corrected chi connectivity index (χ4v) is 11.7. The molecule has 1 aromatic carbocycles. The van der Waals surface area contributed by atoms with E-state index in [-0.39, 0.29) is 84.3 Å². The lowest BCUT2D eigenvalue weighted by molar-refractivity contribution is -0.168. The van der Waals surface area contributed by atoms with Crippen molar-refractivity contribution in [3.8, 4) is 0 Å². The zero-order valence-corrected chi connectivity index (χ0v) is 77.1. The smallest absolute Gasteiger partial charge is 0.311 e. The molecule has 0 radical (unpaired) electrons. The number of aryl methyl sites for hydroxylation is 1. The summed E-state index contributed by atoms with van der Waals surface area (Å²) in [5.41, 5.74) is 0.593. The molecule has 3 rings (SSSR count). The van der Waals surface area contributed by atoms with Crippen molar-refractivity contribution in [3.63, 3.8) is 0 Å². The topological polar surface area (TPSA) is 491 Å². The molecule has 0 unspecified atom stereocenters. The van der Waals surface area contributed by atoms with Gasteiger partial charge >= 0.3 is 11.9 Å². The van der Waals surface area contributed by atoms with Crippen molar-refractivity contribution in [1.82, 2.24) is 20.4 Å². The van der Waals surface area contributed by atoms with Gasteiger partial charge in [-0.05, 0) is 88.5 Å². The first kappa shape index (κ1) is 117. The molecule has 42 heteroatoms. The van der Waals surface area contributed by atoms with Crippen molar-refractivity contribution in [2.45, 2.75) is 111 Å². The van der Waals surface area contributed by atoms with Crippen LogP contribution in [0.15, 0.2) is 30.4 Å². The van der Waals surface area contributed by atoms with Crippen LogP contribution >= 0.6 is 0 Å². The van der Waals surface area contributed by atoms with Crippen molar-refractivity contribution < 1.29 is 177 Å². The number of rotatable bonds is 89. The summed E-state index contributed by atoms with van der Waals surface area (Å²) in [6.07, 6.45) is -2.08. The molecule has 7 atom stereocenters. The van der Waals surface area contributed by atoms with Gasteiger partial charge in [0.15, 0.2) is 0 Å². The molecule has 1 fully saturated rings. The van der Waals surface area contributed by atoms with Crippen LogP contribution in [0.4, 0.5) is 5.69 Å². The fraction of sp³-hybridized carbons (Fsp3) is 0.816. The normalized spacial score (nSPS) is 16.3. The number of hydrogen-bond acceptors (Lipinski definition) is 36. The summed E-state index contributed by atoms with van der Waals surface area (Å²) in [6.45, 7) is 28.6. The van der Waals surface area contributed by atoms with Crippen LogP contribution in [-0.4, -0.2) is 439 Å². The van der Waals surface area contributed by atoms with E-state index in [4.69, 9.17) is 118 Å². The molecule has 7 N–H and O–H groups in total. The third kappa shape index (κ3) is 60.7. The van der Waals surface area contributed by atoms with Gasteiger partial charge in [0.2, 0.25) is 23.6 Å². The van der Waals surface area contributed by atoms with Crippen LogP contribution in [0, 0.1) is 23.2 Å². The number of aliphatic hydroxyl groups excluding tert-OH is 3. The van der Waals surface area contributed by atoms with Gasteiger partial charge in [-0.3, -0.25) is 43.3 Å². The molecular weight excluding hydrogens is 1710 g/mol. The number of carbonyl (C=O) groups excluding carboxylic acids is 7. The number of carboxylic acids is 1. The third-order valence-electron chi connectivity index (χ3n) is 19.0. The SMILES string of the molecule is COCCOCCOCCOCCOCCOCCOCCOCCOCCOCCOCCOCCOCCOCCOCCOCCOCCOCCOCOCCCOCCOCCOCCOCCN(CCC(=O)N[C@H](C(=O)N[C@@H](C)C(=O)Nc1ccc(COC(=O)C(C)(C)C)c(CC[C@@H]2C[C@H](C(=O)O)[C@@H](O)[C@H](O)[C@H]2O)c1)C(C)C)C(=O)CN1C(=O)C=CC1=O. The monoisotopic (exact) mass is 1860 g/mol. The lowest BCUT2D eigenvalue weighted by atomic mass is 9.73. The van der Waals surface area contributed by atoms with Crippen molar-refractivity contribution in [2.75, 3.05) is 336 Å². The molecule has 129 heavy (non-hydrogen) atoms. The van der Waals surface area contributed by atoms with Crippen LogP contribution in [0.1, 0.15) is 78.4 Å². The number of nitrogens with zero attached hydrogens (tertiary/aromatic N) is 2. The zero-order valence-electron chi connectivity index (χ0n) is 77.1. The first-order valence-corrected chi connectivity index (χ1v) is 44.6. The standard InChI is InChI=1S/C87H151N5O37/c1-68(2)79(84(101)88-69(3)83(100)89-73-12-11-72(66-129-86(104)87(4,5)6)70(63-73)9-10-71-64-74(85(102)103)81(98)82(99)80(71)97)90-75(93)15-16-91(78(96)65-92-76(94)13-14-77(92)95)17-20-107-24-26-110-30-29-109-25-23-106-18-8-19-127-67-128-62-61-126-60-59-125-58-57-124-56-55-123-54-53-122-52-51-121-50-49-120-48-47-119-46-45-118-44-43-117-42-41-116-40-39-115-38-37-114-36-35-113-34-33-112-32-31-111-28-27-108-22-21-105-7/h11-14,63,68-69,71,74,79-82,97-99H,8-10,15-62,64-67H2,1-7H3,(H,88,101)(H,89,100)(H,90,93)(H,102,103)/t69-,71+,74-,79-,80-,81+,82+/m0/s1. The first-order valence-electron chi connectivity index (χ1n) is 44.6. The lowest BCUT2D eigenvalue weighted by Gasteiger charge is -2.39. The van der Waals surface area contributed by atoms with E-state index in [1.54, 1.807) is 59.9 Å². The van der Waals surface area contributed by atoms with Gasteiger partial charge < -0.3 is 160 Å². The van der Waals surface area contributed by atoms with Crippen molar-refractivity contribution >= 4 is 53.1 Å². The van der Waals surface area contributed by atoms with E-state index in [2.05, 4.69) is 16.0 Å². The molecule has 1 aromatic rings. The van der Waals surface area contributed by atoms with E-state index < -0.39 is 107 Å². The minimum atomic E-state index is -1.69. The van der Waals surface area contributed by atoms with Gasteiger partial charge in [-0.2, -0.15) is 0 Å². The largest absolute Gasteiger partial charge is 0.481 e. The average molecular weight is 1860 g/mol. The molecular formula is C87H151N5O37. The lowest BCUT2D eigenvalue weighted by Crippen LogP contribution is -2.54. The number of anilines is 1. The molecule has 42 nitrogen and oxygen atoms in total. The van der Waals surface area contributed by atoms with Crippen molar-refractivity contribution in [3.05, 3.63) is 41.5 Å². The summed E-state index contributed by atoms with van der Waals surface area (Å²) in [5.74, 6) is -8.22. The Balaban J connectivity index is 1.06. The Morgan fingerprint density at radius 3 is 1.17 bits per heavy atom. The Hall–Kier alpha value is -6.16. The Morgan fingerprint density at radius 2 is 0.798 bits per heavy atom. The number of carbonyl (C=O) groups is 8. The van der Waals surface area contributed by atoms with E-state index in [0.29, 0.717) is 288 Å². The number of methoxy groups -OCH3 is 1. The number of nitrogens with one attached hydrogen (secondary N) is 3. The van der Waals surface area contributed by atoms with Crippen LogP contribution in [0.3, 0.4) is 0 Å². The van der Waals surface area contributed by atoms with E-state index in [9.17, 15) is 58.8 Å². The Bertz CT molecular complexity index is 3050. The maximum atomic E-state index is 13.7. The number of esters is 1. The highest BCUT2D eigenvalue weighted by atomic mass is 16.7. The predicted octanol–water partition coefficient (Wildman–Crippen LogP) is 0.615. The number of aliphatic carboxylic acids is 1. The van der Waals surface area contributed by atoms with E-state index in [1.807, 2.05) is 0 Å². The van der Waals surface area contributed by atoms with Gasteiger partial charge in [-0.15, -0.1) is 0 Å². The number of aliphatic hydroxyl groups is 3. The summed E-state index contributed by atoms with van der Waals surface area (Å²) in [6, 6.07) is 2.53. The van der Waals surface area contributed by atoms with E-state index in [1.165, 1.54) is 11.8 Å². The van der Waals surface area contributed by atoms with Gasteiger partial charge in [0.1, 0.15) is 38.1 Å². The molecule has 746 valence electrons. The van der Waals surface area contributed by atoms with Crippen molar-refractivity contribution in [2.24, 2.45) is 23.2 Å². The quantitative estimate of drug-likeness (QED) is 0.0203. The van der Waals surface area contributed by atoms with Gasteiger partial charge in [-0.25, -0.2) is 0 Å². The van der Waals surface area contributed by atoms with Crippen LogP contribution in [0.25, 0.3) is 0 Å². The minimum absolute atomic E-state index is 0.00928. The highest BCUT2D eigenvalue weighted by molar-refractivity contribution is 6.14. The van der Waals surface area contributed by atoms with E-state index >= 15 is 0 Å². The Morgan fingerprint density at radius 1 is 0.442 bits per heavy atom. The fourth-order valence-electron chi connectivity index (χ4n) is 11.7. The molecule has 1 heterocycles. The molecule has 0 aromatic heterocycles. The van der Waals surface area contributed by atoms with Crippen LogP contribution in [0.5, 0.6) is 0 Å². The minimum Gasteiger partial charge on any atom is -0.481 e. The highest BCUT2D eigenvalue weighted by Crippen LogP contribution is 2.34. The summed E-state index contributed by atoms with van der Waals surface area (Å²) in [5, 5.41) is 49.4. The number of carboxylic acid groups (broad SMARTS) is 1. The molecule has 1 aliphatic carbocycles. The second-order valence-corrected chi connectivity index (χ2v) is 30.6. The van der Waals surface area contributed by atoms with Crippen LogP contribution in [0.2, 0.25) is 0 Å². The number of benzene rings is 1. The molecule has 1 saturated carbocycles. The number of hydrogen-bond donors (Lipinski definition) is 7. The Kier molecular flexibility index (Phi) is 70.9. The van der Waals surface area contributed by atoms with Crippen LogP contribution < -0.4 is 16.0 Å². The summed E-state index contributed by atoms with van der Waals surface area (Å²) < 4.78 is 138. The molecule has 1 aliphatic heterocycles. The number of amides is 6. The highest BCUT2D eigenvalue weighted by Gasteiger charge is 2.45. The summed E-state index contributed by atoms with van der Waals surface area (Å²) >= 11 is 0. The maximum Gasteiger partial charge on any atom is 0.311 e. The van der Waals surface area contributed by atoms with E-state index in [0.717, 1.165) is 17.1 Å². The van der Waals surface area contributed by atoms with Crippen LogP contribution in [-0.2, 0) is 170 Å². The number of imide groups is 1. The summed E-state index contributed by atoms with van der Waals surface area (Å²) in [4.78, 5) is 106. The predicted molar refractivity (Wildman–Crippen MR) is 462 cm³/mol. The van der Waals surface area contributed by atoms with Crippen molar-refractivity contribution in [1.29, 1.82) is 0 Å². The first-order chi connectivity index (χ1) is 62.5. The Labute approximate surface area is 759 Å². The molecule has 0 spiro atoms. The zero-order chi connectivity index (χ0) is 93.8. The molecule has 6 amide bonds. The van der Waals surface area contributed by atoms with Gasteiger partial charge in [-0.1, -0.05) is 19.9 Å². The summed E-state index contributed by atoms with van der Waals surface area (Å²) in [7, 11) is 1.64. The maximum absolute atomic E-state index is 13.7. The number of ether oxygens (including phenoxy) is 25. The van der Waals surface area contributed by atoms with Gasteiger partial charge in [0, 0.05) is 51.1 Å². The third-order valence-corrected chi connectivity index (χ3v) is 19.0. The molecule has 0 saturated heterocycles. The molecule has 2 aliphatic rings. The molecule has 0 bridgehead atoms. The van der Waals surface area contributed by atoms with Gasteiger partial charge in [0.25, 0.3) is 11.8 Å². The second kappa shape index (κ2) is 78.2.